The summed E-state index contributed by atoms with van der Waals surface area (Å²) in [6, 6.07) is 5.20. The molecule has 1 atom stereocenters. The fourth-order valence-electron chi connectivity index (χ4n) is 1.59. The number of primary amides is 1. The van der Waals surface area contributed by atoms with Gasteiger partial charge in [0.2, 0.25) is 5.91 Å². The van der Waals surface area contributed by atoms with Gasteiger partial charge in [0.15, 0.2) is 5.54 Å². The van der Waals surface area contributed by atoms with E-state index in [4.69, 9.17) is 16.2 Å². The molecule has 0 bridgehead atoms. The number of amides is 1. The molecular formula is C14H20N2O3. The van der Waals surface area contributed by atoms with Gasteiger partial charge in [-0.2, -0.15) is 0 Å². The second-order valence-electron chi connectivity index (χ2n) is 5.02. The molecule has 1 rings (SSSR count). The Labute approximate surface area is 112 Å². The molecule has 5 nitrogen and oxygen atoms in total. The van der Waals surface area contributed by atoms with Crippen LogP contribution in [0.4, 0.5) is 0 Å². The van der Waals surface area contributed by atoms with Crippen LogP contribution in [0.25, 0.3) is 0 Å². The van der Waals surface area contributed by atoms with Crippen molar-refractivity contribution in [2.24, 2.45) is 17.4 Å². The molecule has 1 aromatic rings. The van der Waals surface area contributed by atoms with E-state index >= 15 is 0 Å². The summed E-state index contributed by atoms with van der Waals surface area (Å²) in [5, 5.41) is 0. The van der Waals surface area contributed by atoms with Crippen molar-refractivity contribution in [3.05, 3.63) is 29.3 Å². The minimum absolute atomic E-state index is 0.352. The third-order valence-electron chi connectivity index (χ3n) is 3.35. The zero-order valence-electron chi connectivity index (χ0n) is 11.7. The average Bonchev–Trinajstić information content (AvgIpc) is 2.32. The number of nitrogens with two attached hydrogens (primary N) is 2. The Balaban J connectivity index is 3.01. The number of hydrogen-bond acceptors (Lipinski definition) is 4. The Morgan fingerprint density at radius 2 is 1.79 bits per heavy atom. The van der Waals surface area contributed by atoms with E-state index in [9.17, 15) is 9.59 Å². The Hall–Kier alpha value is -1.88. The summed E-state index contributed by atoms with van der Waals surface area (Å²) < 4.78 is 5.17. The van der Waals surface area contributed by atoms with Crippen molar-refractivity contribution in [1.82, 2.24) is 0 Å². The molecule has 0 aliphatic carbocycles. The predicted octanol–water partition coefficient (Wildman–Crippen LogP) is 1.05. The van der Waals surface area contributed by atoms with Crippen molar-refractivity contribution < 1.29 is 14.3 Å². The van der Waals surface area contributed by atoms with Crippen molar-refractivity contribution in [1.29, 1.82) is 0 Å². The summed E-state index contributed by atoms with van der Waals surface area (Å²) in [5.74, 6) is -1.83. The van der Waals surface area contributed by atoms with Gasteiger partial charge in [0, 0.05) is 0 Å². The highest BCUT2D eigenvalue weighted by molar-refractivity contribution is 6.07. The van der Waals surface area contributed by atoms with Crippen molar-refractivity contribution in [2.45, 2.75) is 33.2 Å². The van der Waals surface area contributed by atoms with Crippen LogP contribution >= 0.6 is 0 Å². The standard InChI is InChI=1S/C14H20N2O3/c1-8(2)14(16,12(15)17)13(18)19-11-6-5-9(3)10(4)7-11/h5-8H,16H2,1-4H3,(H2,15,17)/t14-/m0/s1. The highest BCUT2D eigenvalue weighted by Gasteiger charge is 2.45. The molecule has 19 heavy (non-hydrogen) atoms. The number of aryl methyl sites for hydroxylation is 2. The maximum Gasteiger partial charge on any atom is 0.341 e. The van der Waals surface area contributed by atoms with Gasteiger partial charge in [-0.1, -0.05) is 19.9 Å². The van der Waals surface area contributed by atoms with Gasteiger partial charge in [-0.05, 0) is 43.0 Å². The van der Waals surface area contributed by atoms with Gasteiger partial charge in [-0.3, -0.25) is 4.79 Å². The van der Waals surface area contributed by atoms with E-state index in [2.05, 4.69) is 0 Å². The molecule has 0 aromatic heterocycles. The van der Waals surface area contributed by atoms with Crippen LogP contribution in [-0.2, 0) is 9.59 Å². The zero-order valence-corrected chi connectivity index (χ0v) is 11.7. The highest BCUT2D eigenvalue weighted by atomic mass is 16.5. The molecule has 0 saturated heterocycles. The molecule has 104 valence electrons. The van der Waals surface area contributed by atoms with Gasteiger partial charge in [0.05, 0.1) is 0 Å². The van der Waals surface area contributed by atoms with Crippen molar-refractivity contribution in [3.8, 4) is 5.75 Å². The molecule has 4 N–H and O–H groups in total. The van der Waals surface area contributed by atoms with E-state index in [0.29, 0.717) is 5.75 Å². The predicted molar refractivity (Wildman–Crippen MR) is 72.5 cm³/mol. The monoisotopic (exact) mass is 264 g/mol. The van der Waals surface area contributed by atoms with Gasteiger partial charge in [-0.15, -0.1) is 0 Å². The first-order valence-electron chi connectivity index (χ1n) is 6.08. The first-order valence-corrected chi connectivity index (χ1v) is 6.08. The largest absolute Gasteiger partial charge is 0.425 e. The van der Waals surface area contributed by atoms with E-state index < -0.39 is 23.3 Å². The lowest BCUT2D eigenvalue weighted by atomic mass is 9.87. The molecule has 0 saturated carbocycles. The fraction of sp³-hybridized carbons (Fsp3) is 0.429. The number of rotatable bonds is 4. The number of esters is 1. The second kappa shape index (κ2) is 5.40. The SMILES string of the molecule is Cc1ccc(OC(=O)[C@@](N)(C(N)=O)C(C)C)cc1C. The summed E-state index contributed by atoms with van der Waals surface area (Å²) >= 11 is 0. The number of carbonyl (C=O) groups excluding carboxylic acids is 2. The van der Waals surface area contributed by atoms with Crippen LogP contribution in [0.1, 0.15) is 25.0 Å². The Bertz CT molecular complexity index is 511. The lowest BCUT2D eigenvalue weighted by Crippen LogP contribution is -2.63. The lowest BCUT2D eigenvalue weighted by molar-refractivity contribution is -0.147. The van der Waals surface area contributed by atoms with Crippen LogP contribution in [0.15, 0.2) is 18.2 Å². The first kappa shape index (κ1) is 15.2. The molecule has 0 fully saturated rings. The van der Waals surface area contributed by atoms with Gasteiger partial charge in [0.1, 0.15) is 5.75 Å². The van der Waals surface area contributed by atoms with Gasteiger partial charge >= 0.3 is 5.97 Å². The minimum atomic E-state index is -1.82. The van der Waals surface area contributed by atoms with Crippen molar-refractivity contribution >= 4 is 11.9 Å². The molecule has 0 spiro atoms. The molecule has 0 unspecified atom stereocenters. The van der Waals surface area contributed by atoms with E-state index in [1.54, 1.807) is 26.0 Å². The number of carbonyl (C=O) groups is 2. The van der Waals surface area contributed by atoms with E-state index in [-0.39, 0.29) is 0 Å². The quantitative estimate of drug-likeness (QED) is 0.482. The molecule has 0 aliphatic rings. The third kappa shape index (κ3) is 2.93. The van der Waals surface area contributed by atoms with Crippen LogP contribution < -0.4 is 16.2 Å². The molecule has 0 radical (unpaired) electrons. The smallest absolute Gasteiger partial charge is 0.341 e. The third-order valence-corrected chi connectivity index (χ3v) is 3.35. The van der Waals surface area contributed by atoms with E-state index in [1.807, 2.05) is 19.9 Å². The number of benzene rings is 1. The number of ether oxygens (including phenoxy) is 1. The van der Waals surface area contributed by atoms with Crippen LogP contribution in [0, 0.1) is 19.8 Å². The molecule has 1 amide bonds. The molecule has 0 aliphatic heterocycles. The second-order valence-corrected chi connectivity index (χ2v) is 5.02. The van der Waals surface area contributed by atoms with Crippen molar-refractivity contribution in [3.63, 3.8) is 0 Å². The maximum absolute atomic E-state index is 12.1. The maximum atomic E-state index is 12.1. The van der Waals surface area contributed by atoms with Crippen LogP contribution in [0.2, 0.25) is 0 Å². The van der Waals surface area contributed by atoms with Gasteiger partial charge < -0.3 is 16.2 Å². The summed E-state index contributed by atoms with van der Waals surface area (Å²) in [4.78, 5) is 23.5. The Morgan fingerprint density at radius 3 is 2.21 bits per heavy atom. The lowest BCUT2D eigenvalue weighted by Gasteiger charge is -2.27. The first-order chi connectivity index (χ1) is 8.69. The molecule has 0 heterocycles. The topological polar surface area (TPSA) is 95.4 Å². The zero-order chi connectivity index (χ0) is 14.8. The average molecular weight is 264 g/mol. The molecular weight excluding hydrogens is 244 g/mol. The highest BCUT2D eigenvalue weighted by Crippen LogP contribution is 2.21. The summed E-state index contributed by atoms with van der Waals surface area (Å²) in [5.41, 5.74) is 11.3. The van der Waals surface area contributed by atoms with E-state index in [0.717, 1.165) is 11.1 Å². The summed E-state index contributed by atoms with van der Waals surface area (Å²) in [6.07, 6.45) is 0. The van der Waals surface area contributed by atoms with Gasteiger partial charge in [-0.25, -0.2) is 4.79 Å². The van der Waals surface area contributed by atoms with Crippen LogP contribution in [-0.4, -0.2) is 17.4 Å². The summed E-state index contributed by atoms with van der Waals surface area (Å²) in [6.45, 7) is 7.14. The van der Waals surface area contributed by atoms with Crippen LogP contribution in [0.3, 0.4) is 0 Å². The Morgan fingerprint density at radius 1 is 1.21 bits per heavy atom. The van der Waals surface area contributed by atoms with Crippen molar-refractivity contribution in [2.75, 3.05) is 0 Å². The summed E-state index contributed by atoms with van der Waals surface area (Å²) in [7, 11) is 0. The van der Waals surface area contributed by atoms with E-state index in [1.165, 1.54) is 0 Å². The molecule has 5 heteroatoms. The Kier molecular flexibility index (Phi) is 4.32. The minimum Gasteiger partial charge on any atom is -0.425 e. The molecule has 1 aromatic carbocycles. The fourth-order valence-corrected chi connectivity index (χ4v) is 1.59. The number of hydrogen-bond donors (Lipinski definition) is 2. The van der Waals surface area contributed by atoms with Crippen LogP contribution in [0.5, 0.6) is 5.75 Å². The van der Waals surface area contributed by atoms with Gasteiger partial charge in [0.25, 0.3) is 0 Å². The normalized spacial score (nSPS) is 14.0.